The van der Waals surface area contributed by atoms with Crippen molar-refractivity contribution >= 4 is 15.9 Å². The normalized spacial score (nSPS) is 14.2. The highest BCUT2D eigenvalue weighted by Gasteiger charge is 2.21. The molecule has 3 rings (SSSR count). The Bertz CT molecular complexity index is 659. The van der Waals surface area contributed by atoms with E-state index in [9.17, 15) is 4.39 Å². The molecule has 110 valence electrons. The first-order chi connectivity index (χ1) is 10.1. The van der Waals surface area contributed by atoms with Gasteiger partial charge in [0.15, 0.2) is 0 Å². The van der Waals surface area contributed by atoms with Gasteiger partial charge in [0.25, 0.3) is 0 Å². The molecule has 1 aromatic carbocycles. The molecule has 0 amide bonds. The van der Waals surface area contributed by atoms with E-state index in [2.05, 4.69) is 26.2 Å². The second kappa shape index (κ2) is 6.12. The molecule has 1 saturated carbocycles. The monoisotopic (exact) mass is 350 g/mol. The van der Waals surface area contributed by atoms with Crippen LogP contribution >= 0.6 is 15.9 Å². The molecule has 1 N–H and O–H groups in total. The molecule has 0 atom stereocenters. The van der Waals surface area contributed by atoms with Gasteiger partial charge in [-0.2, -0.15) is 0 Å². The maximum atomic E-state index is 13.1. The topological polar surface area (TPSA) is 34.1 Å². The fourth-order valence-electron chi connectivity index (χ4n) is 2.01. The van der Waals surface area contributed by atoms with Crippen LogP contribution in [0.4, 0.5) is 4.39 Å². The van der Waals surface area contributed by atoms with E-state index in [1.807, 2.05) is 19.2 Å². The third kappa shape index (κ3) is 3.80. The van der Waals surface area contributed by atoms with Crippen LogP contribution in [0.5, 0.6) is 11.5 Å². The lowest BCUT2D eigenvalue weighted by atomic mass is 10.2. The fraction of sp³-hybridized carbons (Fsp3) is 0.312. The van der Waals surface area contributed by atoms with Gasteiger partial charge in [0.05, 0.1) is 4.47 Å². The van der Waals surface area contributed by atoms with E-state index >= 15 is 0 Å². The number of rotatable bonds is 5. The molecule has 1 fully saturated rings. The third-order valence-corrected chi connectivity index (χ3v) is 3.97. The van der Waals surface area contributed by atoms with Crippen molar-refractivity contribution in [2.24, 2.45) is 0 Å². The maximum Gasteiger partial charge on any atom is 0.141 e. The highest BCUT2D eigenvalue weighted by atomic mass is 79.9. The molecular weight excluding hydrogens is 335 g/mol. The largest absolute Gasteiger partial charge is 0.456 e. The van der Waals surface area contributed by atoms with Crippen LogP contribution in [0, 0.1) is 12.7 Å². The number of pyridine rings is 1. The smallest absolute Gasteiger partial charge is 0.141 e. The number of benzene rings is 1. The summed E-state index contributed by atoms with van der Waals surface area (Å²) in [5, 5.41) is 3.45. The summed E-state index contributed by atoms with van der Waals surface area (Å²) in [4.78, 5) is 4.32. The molecule has 0 aliphatic heterocycles. The summed E-state index contributed by atoms with van der Waals surface area (Å²) in [6.07, 6.45) is 4.30. The van der Waals surface area contributed by atoms with Gasteiger partial charge in [-0.15, -0.1) is 0 Å². The van der Waals surface area contributed by atoms with Crippen molar-refractivity contribution in [1.82, 2.24) is 10.3 Å². The Morgan fingerprint density at radius 2 is 2.14 bits per heavy atom. The van der Waals surface area contributed by atoms with Gasteiger partial charge >= 0.3 is 0 Å². The quantitative estimate of drug-likeness (QED) is 0.870. The molecular formula is C16H16BrFN2O. The minimum Gasteiger partial charge on any atom is -0.456 e. The number of aryl methyl sites for hydroxylation is 1. The zero-order valence-corrected chi connectivity index (χ0v) is 13.3. The molecule has 21 heavy (non-hydrogen) atoms. The molecule has 0 unspecified atom stereocenters. The summed E-state index contributed by atoms with van der Waals surface area (Å²) in [7, 11) is 0. The van der Waals surface area contributed by atoms with Crippen LogP contribution < -0.4 is 10.1 Å². The van der Waals surface area contributed by atoms with E-state index in [4.69, 9.17) is 4.74 Å². The van der Waals surface area contributed by atoms with Crippen LogP contribution in [-0.2, 0) is 6.54 Å². The van der Waals surface area contributed by atoms with Crippen LogP contribution in [0.15, 0.2) is 34.9 Å². The van der Waals surface area contributed by atoms with Crippen molar-refractivity contribution in [2.45, 2.75) is 32.4 Å². The Kier molecular flexibility index (Phi) is 4.22. The van der Waals surface area contributed by atoms with Crippen LogP contribution in [0.2, 0.25) is 0 Å². The molecule has 0 radical (unpaired) electrons. The fourth-order valence-corrected chi connectivity index (χ4v) is 2.44. The van der Waals surface area contributed by atoms with Gasteiger partial charge in [0.2, 0.25) is 0 Å². The number of nitrogens with one attached hydrogen (secondary N) is 1. The van der Waals surface area contributed by atoms with Gasteiger partial charge in [0.1, 0.15) is 17.3 Å². The third-order valence-electron chi connectivity index (χ3n) is 3.35. The number of nitrogens with zero attached hydrogens (tertiary/aromatic N) is 1. The first kappa shape index (κ1) is 14.5. The van der Waals surface area contributed by atoms with Gasteiger partial charge in [-0.1, -0.05) is 0 Å². The molecule has 1 aromatic heterocycles. The zero-order chi connectivity index (χ0) is 14.8. The van der Waals surface area contributed by atoms with Crippen molar-refractivity contribution in [1.29, 1.82) is 0 Å². The second-order valence-electron chi connectivity index (χ2n) is 5.27. The van der Waals surface area contributed by atoms with Crippen LogP contribution in [0.25, 0.3) is 0 Å². The standard InChI is InChI=1S/C16H16BrFN2O/c1-10-6-16(11(8-19-10)9-20-13-3-4-13)21-15-5-2-12(18)7-14(15)17/h2,5-8,13,20H,3-4,9H2,1H3. The van der Waals surface area contributed by atoms with E-state index < -0.39 is 0 Å². The predicted octanol–water partition coefficient (Wildman–Crippen LogP) is 4.34. The van der Waals surface area contributed by atoms with Gasteiger partial charge in [0, 0.05) is 36.1 Å². The summed E-state index contributed by atoms with van der Waals surface area (Å²) in [5.41, 5.74) is 1.89. The molecule has 3 nitrogen and oxygen atoms in total. The highest BCUT2D eigenvalue weighted by molar-refractivity contribution is 9.10. The number of hydrogen-bond donors (Lipinski definition) is 1. The molecule has 1 heterocycles. The van der Waals surface area contributed by atoms with E-state index in [1.54, 1.807) is 6.07 Å². The molecule has 0 spiro atoms. The molecule has 0 saturated heterocycles. The first-order valence-corrected chi connectivity index (χ1v) is 7.73. The Hall–Kier alpha value is -1.46. The lowest BCUT2D eigenvalue weighted by molar-refractivity contribution is 0.466. The highest BCUT2D eigenvalue weighted by Crippen LogP contribution is 2.32. The Balaban J connectivity index is 1.83. The molecule has 1 aliphatic carbocycles. The van der Waals surface area contributed by atoms with E-state index in [1.165, 1.54) is 25.0 Å². The average molecular weight is 351 g/mol. The van der Waals surface area contributed by atoms with Crippen molar-refractivity contribution in [3.05, 3.63) is 52.0 Å². The lowest BCUT2D eigenvalue weighted by Crippen LogP contribution is -2.16. The summed E-state index contributed by atoms with van der Waals surface area (Å²) in [5.74, 6) is 1.05. The minimum atomic E-state index is -0.296. The first-order valence-electron chi connectivity index (χ1n) is 6.93. The summed E-state index contributed by atoms with van der Waals surface area (Å²) < 4.78 is 19.7. The SMILES string of the molecule is Cc1cc(Oc2ccc(F)cc2Br)c(CNC2CC2)cn1. The van der Waals surface area contributed by atoms with Gasteiger partial charge < -0.3 is 10.1 Å². The number of aromatic nitrogens is 1. The number of ether oxygens (including phenoxy) is 1. The van der Waals surface area contributed by atoms with Crippen LogP contribution in [0.3, 0.4) is 0 Å². The Labute approximate surface area is 131 Å². The Morgan fingerprint density at radius 1 is 1.33 bits per heavy atom. The van der Waals surface area contributed by atoms with Crippen molar-refractivity contribution in [3.8, 4) is 11.5 Å². The molecule has 5 heteroatoms. The maximum absolute atomic E-state index is 13.1. The molecule has 2 aromatic rings. The van der Waals surface area contributed by atoms with Crippen molar-refractivity contribution in [2.75, 3.05) is 0 Å². The van der Waals surface area contributed by atoms with Crippen molar-refractivity contribution < 1.29 is 9.13 Å². The van der Waals surface area contributed by atoms with E-state index in [0.29, 0.717) is 16.3 Å². The van der Waals surface area contributed by atoms with Crippen LogP contribution in [-0.4, -0.2) is 11.0 Å². The minimum absolute atomic E-state index is 0.296. The lowest BCUT2D eigenvalue weighted by Gasteiger charge is -2.13. The molecule has 1 aliphatic rings. The summed E-state index contributed by atoms with van der Waals surface area (Å²) >= 11 is 3.32. The zero-order valence-electron chi connectivity index (χ0n) is 11.7. The summed E-state index contributed by atoms with van der Waals surface area (Å²) in [6.45, 7) is 2.65. The average Bonchev–Trinajstić information content (AvgIpc) is 3.25. The number of hydrogen-bond acceptors (Lipinski definition) is 3. The summed E-state index contributed by atoms with van der Waals surface area (Å²) in [6, 6.07) is 6.92. The van der Waals surface area contributed by atoms with E-state index in [-0.39, 0.29) is 5.82 Å². The second-order valence-corrected chi connectivity index (χ2v) is 6.12. The number of halogens is 2. The van der Waals surface area contributed by atoms with E-state index in [0.717, 1.165) is 23.6 Å². The Morgan fingerprint density at radius 3 is 2.86 bits per heavy atom. The van der Waals surface area contributed by atoms with Gasteiger partial charge in [-0.05, 0) is 53.9 Å². The van der Waals surface area contributed by atoms with Gasteiger partial charge in [-0.25, -0.2) is 4.39 Å². The molecule has 0 bridgehead atoms. The van der Waals surface area contributed by atoms with Crippen LogP contribution in [0.1, 0.15) is 24.1 Å². The predicted molar refractivity (Wildman–Crippen MR) is 83.0 cm³/mol. The van der Waals surface area contributed by atoms with Gasteiger partial charge in [-0.3, -0.25) is 4.98 Å². The van der Waals surface area contributed by atoms with Crippen molar-refractivity contribution in [3.63, 3.8) is 0 Å².